The van der Waals surface area contributed by atoms with E-state index in [1.807, 2.05) is 6.92 Å². The standard InChI is InChI=1S/C33H57O10P/c1-3-5-7-8-9-10-11-12-13-14-15-16-17-18-19-20-21-22-23-25-33(37)43-31(28-40-32(36)24-6-4-2)29-42-44(38,39)41-27-30(35)26-34/h5,7,9-10,12-13,15-16,30-31,34-35H,3-4,6,8,11,14,17-29H2,1-2H3,(H,38,39)/b7-5-,10-9-,13-12-,16-15-. The molecule has 44 heavy (non-hydrogen) atoms. The molecule has 3 N–H and O–H groups in total. The van der Waals surface area contributed by atoms with Gasteiger partial charge in [0.1, 0.15) is 12.7 Å². The quantitative estimate of drug-likeness (QED) is 0.0335. The number of allylic oxidation sites excluding steroid dienone is 8. The molecule has 0 bridgehead atoms. The van der Waals surface area contributed by atoms with Gasteiger partial charge in [-0.3, -0.25) is 18.6 Å². The average molecular weight is 645 g/mol. The van der Waals surface area contributed by atoms with Crippen LogP contribution in [0.1, 0.15) is 110 Å². The molecule has 0 aliphatic carbocycles. The molecule has 0 spiro atoms. The van der Waals surface area contributed by atoms with E-state index >= 15 is 0 Å². The second-order valence-electron chi connectivity index (χ2n) is 10.5. The van der Waals surface area contributed by atoms with Crippen LogP contribution in [-0.4, -0.2) is 65.7 Å². The molecule has 0 aromatic carbocycles. The maximum atomic E-state index is 12.4. The Kier molecular flexibility index (Phi) is 28.2. The predicted molar refractivity (Wildman–Crippen MR) is 173 cm³/mol. The van der Waals surface area contributed by atoms with Crippen molar-refractivity contribution in [2.75, 3.05) is 26.4 Å². The number of hydrogen-bond acceptors (Lipinski definition) is 9. The third kappa shape index (κ3) is 28.7. The van der Waals surface area contributed by atoms with Crippen molar-refractivity contribution in [3.8, 4) is 0 Å². The molecule has 0 saturated heterocycles. The Bertz CT molecular complexity index is 884. The number of carbonyl (C=O) groups excluding carboxylic acids is 2. The third-order valence-corrected chi connectivity index (χ3v) is 7.20. The van der Waals surface area contributed by atoms with Crippen LogP contribution < -0.4 is 0 Å². The van der Waals surface area contributed by atoms with Crippen molar-refractivity contribution in [1.82, 2.24) is 0 Å². The lowest BCUT2D eigenvalue weighted by atomic mass is 10.1. The van der Waals surface area contributed by atoms with Crippen molar-refractivity contribution in [1.29, 1.82) is 0 Å². The summed E-state index contributed by atoms with van der Waals surface area (Å²) in [6, 6.07) is 0. The van der Waals surface area contributed by atoms with Gasteiger partial charge in [0.15, 0.2) is 6.10 Å². The lowest BCUT2D eigenvalue weighted by Crippen LogP contribution is -2.29. The molecule has 0 heterocycles. The van der Waals surface area contributed by atoms with E-state index in [1.165, 1.54) is 0 Å². The fraction of sp³-hybridized carbons (Fsp3) is 0.697. The van der Waals surface area contributed by atoms with E-state index in [-0.39, 0.29) is 19.4 Å². The van der Waals surface area contributed by atoms with Gasteiger partial charge < -0.3 is 24.6 Å². The van der Waals surface area contributed by atoms with Gasteiger partial charge in [-0.1, -0.05) is 94.6 Å². The fourth-order valence-corrected chi connectivity index (χ4v) is 4.51. The van der Waals surface area contributed by atoms with Gasteiger partial charge in [0.2, 0.25) is 0 Å². The van der Waals surface area contributed by atoms with Crippen LogP contribution in [0, 0.1) is 0 Å². The number of phosphoric acid groups is 1. The molecule has 3 unspecified atom stereocenters. The van der Waals surface area contributed by atoms with Gasteiger partial charge in [-0.25, -0.2) is 4.57 Å². The van der Waals surface area contributed by atoms with Crippen molar-refractivity contribution >= 4 is 19.8 Å². The van der Waals surface area contributed by atoms with Gasteiger partial charge in [-0.2, -0.15) is 0 Å². The number of rotatable bonds is 29. The molecule has 254 valence electrons. The number of carbonyl (C=O) groups is 2. The minimum Gasteiger partial charge on any atom is -0.462 e. The van der Waals surface area contributed by atoms with Crippen LogP contribution in [0.25, 0.3) is 0 Å². The number of phosphoric ester groups is 1. The molecule has 0 aromatic heterocycles. The first-order valence-electron chi connectivity index (χ1n) is 16.1. The van der Waals surface area contributed by atoms with Gasteiger partial charge in [-0.05, 0) is 51.4 Å². The minimum atomic E-state index is -4.59. The first kappa shape index (κ1) is 41.9. The fourth-order valence-electron chi connectivity index (χ4n) is 3.72. The minimum absolute atomic E-state index is 0.165. The maximum absolute atomic E-state index is 12.4. The molecular formula is C33H57O10P. The number of unbranched alkanes of at least 4 members (excludes halogenated alkanes) is 7. The molecule has 10 nitrogen and oxygen atoms in total. The first-order valence-corrected chi connectivity index (χ1v) is 17.6. The zero-order valence-corrected chi connectivity index (χ0v) is 27.7. The van der Waals surface area contributed by atoms with Crippen molar-refractivity contribution in [3.05, 3.63) is 48.6 Å². The van der Waals surface area contributed by atoms with Gasteiger partial charge >= 0.3 is 19.8 Å². The highest BCUT2D eigenvalue weighted by atomic mass is 31.2. The Morgan fingerprint density at radius 1 is 0.705 bits per heavy atom. The highest BCUT2D eigenvalue weighted by Crippen LogP contribution is 2.43. The molecule has 0 radical (unpaired) electrons. The van der Waals surface area contributed by atoms with E-state index in [0.717, 1.165) is 70.6 Å². The monoisotopic (exact) mass is 644 g/mol. The average Bonchev–Trinajstić information content (AvgIpc) is 3.01. The van der Waals surface area contributed by atoms with Crippen LogP contribution in [0.5, 0.6) is 0 Å². The summed E-state index contributed by atoms with van der Waals surface area (Å²) in [4.78, 5) is 34.0. The molecule has 3 atom stereocenters. The highest BCUT2D eigenvalue weighted by molar-refractivity contribution is 7.47. The smallest absolute Gasteiger partial charge is 0.462 e. The molecule has 0 aliphatic heterocycles. The van der Waals surface area contributed by atoms with Crippen LogP contribution >= 0.6 is 7.82 Å². The Labute approximate surface area is 264 Å². The summed E-state index contributed by atoms with van der Waals surface area (Å²) in [7, 11) is -4.59. The number of aliphatic hydroxyl groups is 2. The van der Waals surface area contributed by atoms with Crippen LogP contribution in [0.3, 0.4) is 0 Å². The first-order chi connectivity index (χ1) is 21.2. The van der Waals surface area contributed by atoms with E-state index in [9.17, 15) is 24.2 Å². The second-order valence-corrected chi connectivity index (χ2v) is 11.9. The van der Waals surface area contributed by atoms with Gasteiger partial charge in [0.05, 0.1) is 19.8 Å². The Morgan fingerprint density at radius 3 is 1.86 bits per heavy atom. The van der Waals surface area contributed by atoms with E-state index < -0.39 is 51.8 Å². The number of esters is 2. The Balaban J connectivity index is 4.18. The number of ether oxygens (including phenoxy) is 2. The zero-order valence-electron chi connectivity index (χ0n) is 26.9. The summed E-state index contributed by atoms with van der Waals surface area (Å²) < 4.78 is 32.0. The molecule has 11 heteroatoms. The summed E-state index contributed by atoms with van der Waals surface area (Å²) in [5.74, 6) is -0.990. The molecule has 0 saturated carbocycles. The second kappa shape index (κ2) is 29.6. The van der Waals surface area contributed by atoms with Gasteiger partial charge in [0, 0.05) is 12.8 Å². The van der Waals surface area contributed by atoms with Crippen molar-refractivity contribution in [2.45, 2.75) is 122 Å². The van der Waals surface area contributed by atoms with E-state index in [2.05, 4.69) is 60.1 Å². The molecular weight excluding hydrogens is 587 g/mol. The third-order valence-electron chi connectivity index (χ3n) is 6.25. The van der Waals surface area contributed by atoms with Crippen molar-refractivity contribution < 1.29 is 47.8 Å². The van der Waals surface area contributed by atoms with Crippen LogP contribution in [0.4, 0.5) is 0 Å². The molecule has 0 aromatic rings. The number of hydrogen-bond donors (Lipinski definition) is 3. The van der Waals surface area contributed by atoms with E-state index in [4.69, 9.17) is 19.1 Å². The highest BCUT2D eigenvalue weighted by Gasteiger charge is 2.27. The van der Waals surface area contributed by atoms with Crippen LogP contribution in [-0.2, 0) is 32.7 Å². The Morgan fingerprint density at radius 2 is 1.25 bits per heavy atom. The summed E-state index contributed by atoms with van der Waals surface area (Å²) >= 11 is 0. The van der Waals surface area contributed by atoms with Crippen LogP contribution in [0.15, 0.2) is 48.6 Å². The lowest BCUT2D eigenvalue weighted by molar-refractivity contribution is -0.161. The Hall–Kier alpha value is -2.07. The predicted octanol–water partition coefficient (Wildman–Crippen LogP) is 7.04. The van der Waals surface area contributed by atoms with Crippen LogP contribution in [0.2, 0.25) is 0 Å². The largest absolute Gasteiger partial charge is 0.472 e. The lowest BCUT2D eigenvalue weighted by Gasteiger charge is -2.20. The molecule has 0 amide bonds. The normalized spacial score (nSPS) is 14.9. The molecule has 0 fully saturated rings. The zero-order chi connectivity index (χ0) is 32.7. The summed E-state index contributed by atoms with van der Waals surface area (Å²) in [5.41, 5.74) is 0. The SMILES string of the molecule is CC/C=C\C/C=C\C/C=C\C/C=C\CCCCCCCCC(=O)OC(COC(=O)CCCC)COP(=O)(O)OCC(O)CO. The summed E-state index contributed by atoms with van der Waals surface area (Å²) in [5, 5.41) is 18.1. The van der Waals surface area contributed by atoms with Gasteiger partial charge in [-0.15, -0.1) is 0 Å². The topological polar surface area (TPSA) is 149 Å². The van der Waals surface area contributed by atoms with E-state index in [0.29, 0.717) is 12.8 Å². The van der Waals surface area contributed by atoms with E-state index in [1.54, 1.807) is 0 Å². The summed E-state index contributed by atoms with van der Waals surface area (Å²) in [6.45, 7) is 1.93. The molecule has 0 rings (SSSR count). The van der Waals surface area contributed by atoms with Gasteiger partial charge in [0.25, 0.3) is 0 Å². The summed E-state index contributed by atoms with van der Waals surface area (Å²) in [6.07, 6.45) is 27.9. The number of aliphatic hydroxyl groups excluding tert-OH is 2. The molecule has 0 aliphatic rings. The maximum Gasteiger partial charge on any atom is 0.472 e. The van der Waals surface area contributed by atoms with Crippen molar-refractivity contribution in [3.63, 3.8) is 0 Å². The van der Waals surface area contributed by atoms with Crippen molar-refractivity contribution in [2.24, 2.45) is 0 Å².